The minimum absolute atomic E-state index is 0.0309. The van der Waals surface area contributed by atoms with E-state index in [1.807, 2.05) is 26.0 Å². The summed E-state index contributed by atoms with van der Waals surface area (Å²) in [6, 6.07) is 18.2. The number of aryl methyl sites for hydroxylation is 2. The second kappa shape index (κ2) is 10.1. The predicted octanol–water partition coefficient (Wildman–Crippen LogP) is 8.93. The minimum Gasteiger partial charge on any atom is -0.489 e. The molecule has 1 fully saturated rings. The van der Waals surface area contributed by atoms with E-state index in [-0.39, 0.29) is 28.9 Å². The number of rotatable bonds is 7. The molecule has 0 amide bonds. The van der Waals surface area contributed by atoms with Gasteiger partial charge in [0.05, 0.1) is 0 Å². The van der Waals surface area contributed by atoms with Crippen LogP contribution in [0.4, 0.5) is 4.39 Å². The first-order chi connectivity index (χ1) is 17.6. The first-order valence-corrected chi connectivity index (χ1v) is 13.8. The summed E-state index contributed by atoms with van der Waals surface area (Å²) in [4.78, 5) is 12.0. The second-order valence-electron chi connectivity index (χ2n) is 12.0. The SMILES string of the molecule is CC(=O)[C@@H](C)[C@H]1CCc2ccc(OCc3ccc(-c4cc(C)ccc4F)c([C@@H]4CCCC4(C)C)c3)cc21. The molecule has 37 heavy (non-hydrogen) atoms. The van der Waals surface area contributed by atoms with Crippen molar-refractivity contribution in [2.45, 2.75) is 85.2 Å². The Hall–Kier alpha value is -2.94. The van der Waals surface area contributed by atoms with Gasteiger partial charge in [-0.05, 0) is 109 Å². The van der Waals surface area contributed by atoms with Crippen molar-refractivity contribution in [2.24, 2.45) is 11.3 Å². The van der Waals surface area contributed by atoms with E-state index in [9.17, 15) is 9.18 Å². The highest BCUT2D eigenvalue weighted by atomic mass is 19.1. The summed E-state index contributed by atoms with van der Waals surface area (Å²) < 4.78 is 21.3. The summed E-state index contributed by atoms with van der Waals surface area (Å²) in [6.07, 6.45) is 5.55. The van der Waals surface area contributed by atoms with Crippen LogP contribution in [0.5, 0.6) is 5.75 Å². The molecule has 3 atom stereocenters. The molecular formula is C34H39FO2. The Labute approximate surface area is 221 Å². The minimum atomic E-state index is -0.167. The standard InChI is InChI=1S/C34H39FO2/c1-21-8-15-33(35)31(17-21)28-13-9-24(18-30(28)32-7-6-16-34(32,4)5)20-37-26-12-10-25-11-14-27(29(25)19-26)22(2)23(3)36/h8-10,12-13,15,17-19,22,27,32H,6-7,11,14,16,20H2,1-5H3/t22-,27-,32+/m1/s1. The summed E-state index contributed by atoms with van der Waals surface area (Å²) in [5.74, 6) is 1.61. The number of hydrogen-bond donors (Lipinski definition) is 0. The zero-order valence-electron chi connectivity index (χ0n) is 22.9. The van der Waals surface area contributed by atoms with Gasteiger partial charge in [-0.3, -0.25) is 4.79 Å². The highest BCUT2D eigenvalue weighted by Gasteiger charge is 2.37. The van der Waals surface area contributed by atoms with Gasteiger partial charge in [0, 0.05) is 11.5 Å². The Morgan fingerprint density at radius 2 is 1.84 bits per heavy atom. The maximum absolute atomic E-state index is 15.0. The van der Waals surface area contributed by atoms with E-state index in [2.05, 4.69) is 50.2 Å². The van der Waals surface area contributed by atoms with E-state index in [1.54, 1.807) is 13.0 Å². The highest BCUT2D eigenvalue weighted by molar-refractivity contribution is 5.79. The lowest BCUT2D eigenvalue weighted by atomic mass is 9.75. The fraction of sp³-hybridized carbons (Fsp3) is 0.441. The largest absolute Gasteiger partial charge is 0.489 e. The first kappa shape index (κ1) is 25.7. The van der Waals surface area contributed by atoms with Crippen molar-refractivity contribution in [2.75, 3.05) is 0 Å². The van der Waals surface area contributed by atoms with Crippen LogP contribution in [-0.4, -0.2) is 5.78 Å². The second-order valence-corrected chi connectivity index (χ2v) is 12.0. The van der Waals surface area contributed by atoms with Gasteiger partial charge in [-0.15, -0.1) is 0 Å². The fourth-order valence-corrected chi connectivity index (χ4v) is 6.66. The number of hydrogen-bond acceptors (Lipinski definition) is 2. The van der Waals surface area contributed by atoms with E-state index in [0.717, 1.165) is 41.7 Å². The number of halogens is 1. The average Bonchev–Trinajstić information content (AvgIpc) is 3.45. The Kier molecular flexibility index (Phi) is 7.00. The molecule has 2 nitrogen and oxygen atoms in total. The first-order valence-electron chi connectivity index (χ1n) is 13.8. The summed E-state index contributed by atoms with van der Waals surface area (Å²) in [5.41, 5.74) is 7.87. The van der Waals surface area contributed by atoms with Crippen LogP contribution in [0.25, 0.3) is 11.1 Å². The van der Waals surface area contributed by atoms with Gasteiger partial charge >= 0.3 is 0 Å². The Morgan fingerprint density at radius 3 is 2.57 bits per heavy atom. The van der Waals surface area contributed by atoms with E-state index < -0.39 is 0 Å². The van der Waals surface area contributed by atoms with Gasteiger partial charge < -0.3 is 4.74 Å². The van der Waals surface area contributed by atoms with Crippen molar-refractivity contribution < 1.29 is 13.9 Å². The normalized spacial score (nSPS) is 21.0. The molecular weight excluding hydrogens is 459 g/mol. The molecule has 3 heteroatoms. The van der Waals surface area contributed by atoms with Crippen molar-refractivity contribution >= 4 is 5.78 Å². The van der Waals surface area contributed by atoms with Crippen molar-refractivity contribution in [1.29, 1.82) is 0 Å². The molecule has 0 aliphatic heterocycles. The topological polar surface area (TPSA) is 26.3 Å². The van der Waals surface area contributed by atoms with Crippen LogP contribution in [0.2, 0.25) is 0 Å². The lowest BCUT2D eigenvalue weighted by Crippen LogP contribution is -2.17. The van der Waals surface area contributed by atoms with E-state index in [1.165, 1.54) is 29.5 Å². The fourth-order valence-electron chi connectivity index (χ4n) is 6.66. The maximum atomic E-state index is 15.0. The monoisotopic (exact) mass is 498 g/mol. The molecule has 0 aromatic heterocycles. The summed E-state index contributed by atoms with van der Waals surface area (Å²) in [5, 5.41) is 0. The molecule has 3 aromatic rings. The molecule has 3 aromatic carbocycles. The van der Waals surface area contributed by atoms with Crippen LogP contribution in [-0.2, 0) is 17.8 Å². The third-order valence-corrected chi connectivity index (χ3v) is 9.05. The molecule has 0 radical (unpaired) electrons. The summed E-state index contributed by atoms with van der Waals surface area (Å²) in [7, 11) is 0. The third kappa shape index (κ3) is 5.10. The number of fused-ring (bicyclic) bond motifs is 1. The molecule has 194 valence electrons. The molecule has 1 saturated carbocycles. The van der Waals surface area contributed by atoms with Crippen LogP contribution in [0, 0.1) is 24.1 Å². The quantitative estimate of drug-likeness (QED) is 0.325. The molecule has 0 N–H and O–H groups in total. The van der Waals surface area contributed by atoms with Crippen molar-refractivity contribution in [3.05, 3.63) is 88.2 Å². The van der Waals surface area contributed by atoms with Crippen LogP contribution in [0.1, 0.15) is 93.0 Å². The summed E-state index contributed by atoms with van der Waals surface area (Å²) in [6.45, 7) is 10.9. The number of carbonyl (C=O) groups excluding carboxylic acids is 1. The van der Waals surface area contributed by atoms with E-state index >= 15 is 0 Å². The summed E-state index contributed by atoms with van der Waals surface area (Å²) >= 11 is 0. The number of ether oxygens (including phenoxy) is 1. The maximum Gasteiger partial charge on any atom is 0.133 e. The molecule has 0 heterocycles. The van der Waals surface area contributed by atoms with Crippen LogP contribution < -0.4 is 4.74 Å². The molecule has 0 spiro atoms. The third-order valence-electron chi connectivity index (χ3n) is 9.05. The molecule has 0 saturated heterocycles. The molecule has 0 bridgehead atoms. The van der Waals surface area contributed by atoms with Gasteiger partial charge in [0.25, 0.3) is 0 Å². The molecule has 0 unspecified atom stereocenters. The molecule has 2 aliphatic carbocycles. The van der Waals surface area contributed by atoms with Crippen molar-refractivity contribution in [1.82, 2.24) is 0 Å². The van der Waals surface area contributed by atoms with Crippen molar-refractivity contribution in [3.8, 4) is 16.9 Å². The smallest absolute Gasteiger partial charge is 0.133 e. The van der Waals surface area contributed by atoms with E-state index in [4.69, 9.17) is 4.74 Å². The number of Topliss-reactive ketones (excluding diaryl/α,β-unsaturated/α-hetero) is 1. The number of ketones is 1. The predicted molar refractivity (Wildman–Crippen MR) is 149 cm³/mol. The average molecular weight is 499 g/mol. The Bertz CT molecular complexity index is 1320. The van der Waals surface area contributed by atoms with Gasteiger partial charge in [-0.1, -0.05) is 63.1 Å². The van der Waals surface area contributed by atoms with Crippen LogP contribution in [0.3, 0.4) is 0 Å². The Morgan fingerprint density at radius 1 is 1.03 bits per heavy atom. The Balaban J connectivity index is 1.44. The van der Waals surface area contributed by atoms with Gasteiger partial charge in [0.15, 0.2) is 0 Å². The highest BCUT2D eigenvalue weighted by Crippen LogP contribution is 2.51. The lowest BCUT2D eigenvalue weighted by molar-refractivity contribution is -0.120. The van der Waals surface area contributed by atoms with Gasteiger partial charge in [-0.2, -0.15) is 0 Å². The van der Waals surface area contributed by atoms with Crippen LogP contribution >= 0.6 is 0 Å². The van der Waals surface area contributed by atoms with Crippen LogP contribution in [0.15, 0.2) is 54.6 Å². The van der Waals surface area contributed by atoms with Gasteiger partial charge in [0.1, 0.15) is 24.0 Å². The molecule has 2 aliphatic rings. The zero-order valence-corrected chi connectivity index (χ0v) is 22.9. The van der Waals surface area contributed by atoms with E-state index in [0.29, 0.717) is 18.1 Å². The lowest BCUT2D eigenvalue weighted by Gasteiger charge is -2.30. The van der Waals surface area contributed by atoms with Crippen molar-refractivity contribution in [3.63, 3.8) is 0 Å². The molecule has 5 rings (SSSR count). The van der Waals surface area contributed by atoms with Gasteiger partial charge in [0.2, 0.25) is 0 Å². The number of benzene rings is 3. The zero-order chi connectivity index (χ0) is 26.3. The number of carbonyl (C=O) groups is 1. The van der Waals surface area contributed by atoms with Gasteiger partial charge in [-0.25, -0.2) is 4.39 Å².